The van der Waals surface area contributed by atoms with Crippen molar-refractivity contribution in [1.82, 2.24) is 24.1 Å². The number of oxazole rings is 1. The topological polar surface area (TPSA) is 61.7 Å². The van der Waals surface area contributed by atoms with E-state index in [9.17, 15) is 0 Å². The predicted molar refractivity (Wildman–Crippen MR) is 142 cm³/mol. The Kier molecular flexibility index (Phi) is 6.37. The Morgan fingerprint density at radius 1 is 0.971 bits per heavy atom. The average Bonchev–Trinajstić information content (AvgIpc) is 3.54. The first-order chi connectivity index (χ1) is 16.3. The summed E-state index contributed by atoms with van der Waals surface area (Å²) in [5.41, 5.74) is 4.64. The summed E-state index contributed by atoms with van der Waals surface area (Å²) >= 11 is 1.73. The molecule has 4 heterocycles. The number of thiazole rings is 1. The number of rotatable bonds is 8. The van der Waals surface area contributed by atoms with Crippen molar-refractivity contribution in [2.45, 2.75) is 90.0 Å². The molecule has 188 valence electrons. The van der Waals surface area contributed by atoms with Gasteiger partial charge >= 0.3 is 0 Å². The number of aryl methyl sites for hydroxylation is 1. The van der Waals surface area contributed by atoms with E-state index >= 15 is 0 Å². The summed E-state index contributed by atoms with van der Waals surface area (Å²) in [5, 5.41) is 0. The standard InChI is InChI=1S/C28H39N5OS/c1-25(2,3)24-29-12-14-33(24)15-20-23(31-19-35-20)26(4,5)17-28(8,21-16-34-18-30-21)27(6,7)22-11-10-13-32(22)9/h10-14,16,18-19H,15,17H2,1-9H3. The molecule has 4 rings (SSSR count). The number of hydrogen-bond donors (Lipinski definition) is 0. The molecule has 0 saturated carbocycles. The lowest BCUT2D eigenvalue weighted by Gasteiger charge is -2.47. The van der Waals surface area contributed by atoms with Crippen LogP contribution in [-0.4, -0.2) is 24.1 Å². The van der Waals surface area contributed by atoms with Crippen LogP contribution < -0.4 is 0 Å². The molecule has 0 fully saturated rings. The third-order valence-corrected chi connectivity index (χ3v) is 8.56. The van der Waals surface area contributed by atoms with Crippen LogP contribution in [0, 0.1) is 0 Å². The fraction of sp³-hybridized carbons (Fsp3) is 0.536. The Morgan fingerprint density at radius 3 is 2.31 bits per heavy atom. The lowest BCUT2D eigenvalue weighted by atomic mass is 9.57. The lowest BCUT2D eigenvalue weighted by molar-refractivity contribution is 0.195. The van der Waals surface area contributed by atoms with E-state index in [1.807, 2.05) is 18.0 Å². The highest BCUT2D eigenvalue weighted by Crippen LogP contribution is 2.51. The summed E-state index contributed by atoms with van der Waals surface area (Å²) in [6, 6.07) is 4.33. The van der Waals surface area contributed by atoms with Crippen LogP contribution in [0.15, 0.2) is 53.3 Å². The molecular weight excluding hydrogens is 454 g/mol. The van der Waals surface area contributed by atoms with Gasteiger partial charge in [0.15, 0.2) is 6.39 Å². The Bertz CT molecular complexity index is 1270. The van der Waals surface area contributed by atoms with Crippen LogP contribution in [0.4, 0.5) is 0 Å². The highest BCUT2D eigenvalue weighted by molar-refractivity contribution is 7.09. The minimum atomic E-state index is -0.303. The number of nitrogens with zero attached hydrogens (tertiary/aromatic N) is 5. The summed E-state index contributed by atoms with van der Waals surface area (Å²) in [6.45, 7) is 19.0. The fourth-order valence-electron chi connectivity index (χ4n) is 5.65. The summed E-state index contributed by atoms with van der Waals surface area (Å²) in [6.07, 6.45) is 10.3. The highest BCUT2D eigenvalue weighted by Gasteiger charge is 2.50. The van der Waals surface area contributed by atoms with Crippen molar-refractivity contribution < 1.29 is 4.42 Å². The van der Waals surface area contributed by atoms with Crippen molar-refractivity contribution in [3.05, 3.63) is 76.7 Å². The molecule has 6 nitrogen and oxygen atoms in total. The molecule has 0 N–H and O–H groups in total. The third kappa shape index (κ3) is 4.51. The van der Waals surface area contributed by atoms with Gasteiger partial charge in [-0.1, -0.05) is 55.4 Å². The molecule has 0 aliphatic rings. The van der Waals surface area contributed by atoms with Gasteiger partial charge in [0.1, 0.15) is 12.1 Å². The summed E-state index contributed by atoms with van der Waals surface area (Å²) < 4.78 is 9.98. The van der Waals surface area contributed by atoms with E-state index in [0.29, 0.717) is 0 Å². The number of hydrogen-bond acceptors (Lipinski definition) is 5. The van der Waals surface area contributed by atoms with Gasteiger partial charge in [-0.3, -0.25) is 0 Å². The normalized spacial score (nSPS) is 14.9. The second-order valence-corrected chi connectivity index (χ2v) is 13.1. The quantitative estimate of drug-likeness (QED) is 0.277. The molecule has 0 aliphatic heterocycles. The first-order valence-corrected chi connectivity index (χ1v) is 13.1. The molecule has 0 aromatic carbocycles. The first-order valence-electron chi connectivity index (χ1n) is 12.2. The molecule has 0 bridgehead atoms. The van der Waals surface area contributed by atoms with E-state index < -0.39 is 0 Å². The van der Waals surface area contributed by atoms with E-state index in [2.05, 4.69) is 106 Å². The zero-order valence-electron chi connectivity index (χ0n) is 22.6. The Labute approximate surface area is 213 Å². The summed E-state index contributed by atoms with van der Waals surface area (Å²) in [4.78, 5) is 15.5. The molecule has 0 radical (unpaired) electrons. The van der Waals surface area contributed by atoms with Crippen LogP contribution in [0.3, 0.4) is 0 Å². The number of imidazole rings is 1. The van der Waals surface area contributed by atoms with Gasteiger partial charge < -0.3 is 13.6 Å². The van der Waals surface area contributed by atoms with Gasteiger partial charge in [0.25, 0.3) is 0 Å². The molecule has 35 heavy (non-hydrogen) atoms. The van der Waals surface area contributed by atoms with Gasteiger partial charge in [0.05, 0.1) is 23.4 Å². The maximum absolute atomic E-state index is 5.51. The maximum Gasteiger partial charge on any atom is 0.180 e. The van der Waals surface area contributed by atoms with Gasteiger partial charge in [-0.15, -0.1) is 11.3 Å². The van der Waals surface area contributed by atoms with E-state index in [1.165, 1.54) is 10.6 Å². The van der Waals surface area contributed by atoms with Crippen LogP contribution in [0.2, 0.25) is 0 Å². The zero-order chi connectivity index (χ0) is 25.6. The van der Waals surface area contributed by atoms with Gasteiger partial charge in [0.2, 0.25) is 0 Å². The third-order valence-electron chi connectivity index (χ3n) is 7.74. The SMILES string of the molecule is Cn1cccc1C(C)(C)C(C)(CC(C)(C)c1ncsc1Cn1ccnc1C(C)(C)C)c1cocn1. The van der Waals surface area contributed by atoms with E-state index in [0.717, 1.165) is 30.2 Å². The summed E-state index contributed by atoms with van der Waals surface area (Å²) in [5.74, 6) is 1.09. The second-order valence-electron chi connectivity index (χ2n) is 12.1. The van der Waals surface area contributed by atoms with Crippen LogP contribution in [0.5, 0.6) is 0 Å². The Balaban J connectivity index is 1.73. The smallest absolute Gasteiger partial charge is 0.180 e. The van der Waals surface area contributed by atoms with Crippen LogP contribution in [0.1, 0.15) is 89.6 Å². The van der Waals surface area contributed by atoms with Crippen LogP contribution in [0.25, 0.3) is 0 Å². The molecule has 1 atom stereocenters. The summed E-state index contributed by atoms with van der Waals surface area (Å²) in [7, 11) is 2.11. The van der Waals surface area contributed by atoms with Crippen molar-refractivity contribution >= 4 is 11.3 Å². The lowest BCUT2D eigenvalue weighted by Crippen LogP contribution is -2.48. The molecule has 1 unspecified atom stereocenters. The molecule has 7 heteroatoms. The molecule has 0 saturated heterocycles. The van der Waals surface area contributed by atoms with Gasteiger partial charge in [-0.25, -0.2) is 15.0 Å². The Hall–Kier alpha value is -2.67. The minimum Gasteiger partial charge on any atom is -0.451 e. The van der Waals surface area contributed by atoms with Crippen molar-refractivity contribution in [2.75, 3.05) is 0 Å². The van der Waals surface area contributed by atoms with Crippen molar-refractivity contribution in [1.29, 1.82) is 0 Å². The van der Waals surface area contributed by atoms with Crippen LogP contribution >= 0.6 is 11.3 Å². The second kappa shape index (κ2) is 8.77. The van der Waals surface area contributed by atoms with E-state index in [4.69, 9.17) is 9.40 Å². The number of aromatic nitrogens is 5. The molecule has 4 aromatic rings. The van der Waals surface area contributed by atoms with Crippen molar-refractivity contribution in [3.63, 3.8) is 0 Å². The molecule has 4 aromatic heterocycles. The van der Waals surface area contributed by atoms with Gasteiger partial charge in [0, 0.05) is 57.9 Å². The maximum atomic E-state index is 5.51. The molecule has 0 aliphatic carbocycles. The molecule has 0 amide bonds. The predicted octanol–water partition coefficient (Wildman–Crippen LogP) is 6.62. The highest BCUT2D eigenvalue weighted by atomic mass is 32.1. The van der Waals surface area contributed by atoms with Crippen LogP contribution in [-0.2, 0) is 35.3 Å². The van der Waals surface area contributed by atoms with Crippen molar-refractivity contribution in [3.8, 4) is 0 Å². The largest absolute Gasteiger partial charge is 0.451 e. The zero-order valence-corrected chi connectivity index (χ0v) is 23.4. The Morgan fingerprint density at radius 2 is 1.71 bits per heavy atom. The van der Waals surface area contributed by atoms with Gasteiger partial charge in [-0.05, 0) is 18.6 Å². The first kappa shape index (κ1) is 25.4. The van der Waals surface area contributed by atoms with E-state index in [1.54, 1.807) is 17.7 Å². The monoisotopic (exact) mass is 493 g/mol. The average molecular weight is 494 g/mol. The molecular formula is C28H39N5OS. The van der Waals surface area contributed by atoms with Gasteiger partial charge in [-0.2, -0.15) is 0 Å². The van der Waals surface area contributed by atoms with Crippen molar-refractivity contribution in [2.24, 2.45) is 7.05 Å². The minimum absolute atomic E-state index is 0.0194. The van der Waals surface area contributed by atoms with E-state index in [-0.39, 0.29) is 21.7 Å². The molecule has 0 spiro atoms. The fourth-order valence-corrected chi connectivity index (χ4v) is 6.59.